The first kappa shape index (κ1) is 12.0. The number of carbonyl (C=O) groups excluding carboxylic acids is 1. The van der Waals surface area contributed by atoms with E-state index in [0.717, 1.165) is 17.8 Å². The Kier molecular flexibility index (Phi) is 3.52. The highest BCUT2D eigenvalue weighted by Gasteiger charge is 2.07. The van der Waals surface area contributed by atoms with Crippen LogP contribution in [0.4, 0.5) is 10.1 Å². The lowest BCUT2D eigenvalue weighted by Crippen LogP contribution is -2.23. The van der Waals surface area contributed by atoms with Crippen LogP contribution in [0.25, 0.3) is 0 Å². The van der Waals surface area contributed by atoms with Gasteiger partial charge >= 0.3 is 0 Å². The number of hydrogen-bond acceptors (Lipinski definition) is 3. The maximum Gasteiger partial charge on any atom is 0.253 e. The van der Waals surface area contributed by atoms with Crippen molar-refractivity contribution in [1.82, 2.24) is 10.3 Å². The molecular formula is C13H12FN3O. The summed E-state index contributed by atoms with van der Waals surface area (Å²) in [5.41, 5.74) is 7.35. The van der Waals surface area contributed by atoms with Crippen LogP contribution in [-0.2, 0) is 6.54 Å². The SMILES string of the molecule is Nc1ccccc1CNC(=O)c1cncc(F)c1. The topological polar surface area (TPSA) is 68.0 Å². The van der Waals surface area contributed by atoms with Crippen LogP contribution in [0.15, 0.2) is 42.7 Å². The molecule has 1 amide bonds. The minimum absolute atomic E-state index is 0.185. The molecule has 1 heterocycles. The molecule has 0 spiro atoms. The van der Waals surface area contributed by atoms with E-state index in [2.05, 4.69) is 10.3 Å². The van der Waals surface area contributed by atoms with Gasteiger partial charge in [-0.25, -0.2) is 4.39 Å². The van der Waals surface area contributed by atoms with Crippen molar-refractivity contribution in [2.45, 2.75) is 6.54 Å². The molecule has 92 valence electrons. The molecule has 0 radical (unpaired) electrons. The van der Waals surface area contributed by atoms with Gasteiger partial charge in [0.25, 0.3) is 5.91 Å². The zero-order valence-electron chi connectivity index (χ0n) is 9.56. The monoisotopic (exact) mass is 245 g/mol. The second-order valence-electron chi connectivity index (χ2n) is 3.77. The molecule has 0 aliphatic carbocycles. The number of anilines is 1. The Balaban J connectivity index is 2.03. The normalized spacial score (nSPS) is 10.1. The first-order valence-electron chi connectivity index (χ1n) is 5.39. The van der Waals surface area contributed by atoms with Crippen LogP contribution in [0.5, 0.6) is 0 Å². The van der Waals surface area contributed by atoms with Gasteiger partial charge in [-0.05, 0) is 17.7 Å². The third-order valence-corrected chi connectivity index (χ3v) is 2.46. The predicted molar refractivity (Wildman–Crippen MR) is 66.2 cm³/mol. The highest BCUT2D eigenvalue weighted by atomic mass is 19.1. The molecule has 0 saturated heterocycles. The molecule has 0 unspecified atom stereocenters. The van der Waals surface area contributed by atoms with Crippen molar-refractivity contribution in [3.63, 3.8) is 0 Å². The number of aromatic nitrogens is 1. The fourth-order valence-electron chi connectivity index (χ4n) is 1.51. The van der Waals surface area contributed by atoms with Crippen LogP contribution >= 0.6 is 0 Å². The molecule has 0 aliphatic heterocycles. The molecule has 18 heavy (non-hydrogen) atoms. The fraction of sp³-hybridized carbons (Fsp3) is 0.0769. The number of nitrogens with zero attached hydrogens (tertiary/aromatic N) is 1. The molecule has 3 N–H and O–H groups in total. The van der Waals surface area contributed by atoms with Crippen molar-refractivity contribution in [3.05, 3.63) is 59.7 Å². The van der Waals surface area contributed by atoms with Crippen LogP contribution in [-0.4, -0.2) is 10.9 Å². The van der Waals surface area contributed by atoms with Gasteiger partial charge in [-0.2, -0.15) is 0 Å². The molecule has 1 aromatic heterocycles. The Morgan fingerprint density at radius 1 is 1.33 bits per heavy atom. The van der Waals surface area contributed by atoms with E-state index in [1.807, 2.05) is 18.2 Å². The molecule has 0 atom stereocenters. The van der Waals surface area contributed by atoms with Crippen molar-refractivity contribution in [2.75, 3.05) is 5.73 Å². The van der Waals surface area contributed by atoms with E-state index in [1.165, 1.54) is 6.20 Å². The molecule has 5 heteroatoms. The van der Waals surface area contributed by atoms with Crippen molar-refractivity contribution >= 4 is 11.6 Å². The first-order valence-corrected chi connectivity index (χ1v) is 5.39. The van der Waals surface area contributed by atoms with Gasteiger partial charge in [0.1, 0.15) is 5.82 Å². The van der Waals surface area contributed by atoms with E-state index in [1.54, 1.807) is 6.07 Å². The van der Waals surface area contributed by atoms with Crippen molar-refractivity contribution in [3.8, 4) is 0 Å². The zero-order chi connectivity index (χ0) is 13.0. The summed E-state index contributed by atoms with van der Waals surface area (Å²) in [6, 6.07) is 8.36. The van der Waals surface area contributed by atoms with Crippen LogP contribution in [0.3, 0.4) is 0 Å². The molecular weight excluding hydrogens is 233 g/mol. The highest BCUT2D eigenvalue weighted by Crippen LogP contribution is 2.10. The van der Waals surface area contributed by atoms with Gasteiger partial charge in [0.05, 0.1) is 11.8 Å². The van der Waals surface area contributed by atoms with E-state index in [9.17, 15) is 9.18 Å². The number of amides is 1. The Bertz CT molecular complexity index is 572. The largest absolute Gasteiger partial charge is 0.398 e. The predicted octanol–water partition coefficient (Wildman–Crippen LogP) is 1.73. The van der Waals surface area contributed by atoms with Gasteiger partial charge in [-0.3, -0.25) is 9.78 Å². The first-order chi connectivity index (χ1) is 8.66. The lowest BCUT2D eigenvalue weighted by atomic mass is 10.2. The Morgan fingerprint density at radius 3 is 2.83 bits per heavy atom. The molecule has 1 aromatic carbocycles. The summed E-state index contributed by atoms with van der Waals surface area (Å²) in [5, 5.41) is 2.66. The number of hydrogen-bond donors (Lipinski definition) is 2. The number of halogens is 1. The summed E-state index contributed by atoms with van der Waals surface area (Å²) in [6.45, 7) is 0.294. The summed E-state index contributed by atoms with van der Waals surface area (Å²) in [4.78, 5) is 15.3. The lowest BCUT2D eigenvalue weighted by Gasteiger charge is -2.07. The van der Waals surface area contributed by atoms with Gasteiger partial charge in [0.15, 0.2) is 0 Å². The Hall–Kier alpha value is -2.43. The van der Waals surface area contributed by atoms with Gasteiger partial charge < -0.3 is 11.1 Å². The standard InChI is InChI=1S/C13H12FN3O/c14-11-5-10(6-16-8-11)13(18)17-7-9-3-1-2-4-12(9)15/h1-6,8H,7,15H2,(H,17,18). The molecule has 0 fully saturated rings. The van der Waals surface area contributed by atoms with E-state index in [4.69, 9.17) is 5.73 Å². The van der Waals surface area contributed by atoms with Gasteiger partial charge in [-0.1, -0.05) is 18.2 Å². The second kappa shape index (κ2) is 5.27. The number of nitrogens with one attached hydrogen (secondary N) is 1. The quantitative estimate of drug-likeness (QED) is 0.809. The Labute approximate surface area is 104 Å². The Morgan fingerprint density at radius 2 is 2.11 bits per heavy atom. The van der Waals surface area contributed by atoms with Crippen LogP contribution < -0.4 is 11.1 Å². The number of para-hydroxylation sites is 1. The number of benzene rings is 1. The molecule has 2 aromatic rings. The average molecular weight is 245 g/mol. The summed E-state index contributed by atoms with van der Waals surface area (Å²) in [6.07, 6.45) is 2.36. The summed E-state index contributed by atoms with van der Waals surface area (Å²) >= 11 is 0. The molecule has 4 nitrogen and oxygen atoms in total. The zero-order valence-corrected chi connectivity index (χ0v) is 9.56. The van der Waals surface area contributed by atoms with Crippen molar-refractivity contribution in [1.29, 1.82) is 0 Å². The second-order valence-corrected chi connectivity index (χ2v) is 3.77. The van der Waals surface area contributed by atoms with Crippen LogP contribution in [0.1, 0.15) is 15.9 Å². The molecule has 0 bridgehead atoms. The van der Waals surface area contributed by atoms with Crippen LogP contribution in [0, 0.1) is 5.82 Å². The smallest absolute Gasteiger partial charge is 0.253 e. The fourth-order valence-corrected chi connectivity index (χ4v) is 1.51. The summed E-state index contributed by atoms with van der Waals surface area (Å²) in [7, 11) is 0. The summed E-state index contributed by atoms with van der Waals surface area (Å²) in [5.74, 6) is -0.924. The van der Waals surface area contributed by atoms with E-state index in [-0.39, 0.29) is 11.5 Å². The maximum atomic E-state index is 12.9. The summed E-state index contributed by atoms with van der Waals surface area (Å²) < 4.78 is 12.9. The minimum atomic E-state index is -0.540. The number of carbonyl (C=O) groups is 1. The van der Waals surface area contributed by atoms with E-state index in [0.29, 0.717) is 12.2 Å². The van der Waals surface area contributed by atoms with E-state index < -0.39 is 5.82 Å². The number of nitrogens with two attached hydrogens (primary N) is 1. The highest BCUT2D eigenvalue weighted by molar-refractivity contribution is 5.93. The number of nitrogen functional groups attached to an aromatic ring is 1. The minimum Gasteiger partial charge on any atom is -0.398 e. The maximum absolute atomic E-state index is 12.9. The van der Waals surface area contributed by atoms with Gasteiger partial charge in [-0.15, -0.1) is 0 Å². The third kappa shape index (κ3) is 2.82. The van der Waals surface area contributed by atoms with Gasteiger partial charge in [0, 0.05) is 18.4 Å². The average Bonchev–Trinajstić information content (AvgIpc) is 2.37. The third-order valence-electron chi connectivity index (χ3n) is 2.46. The molecule has 0 saturated carbocycles. The van der Waals surface area contributed by atoms with Crippen molar-refractivity contribution < 1.29 is 9.18 Å². The molecule has 2 rings (SSSR count). The molecule has 0 aliphatic rings. The number of pyridine rings is 1. The number of rotatable bonds is 3. The van der Waals surface area contributed by atoms with E-state index >= 15 is 0 Å². The van der Waals surface area contributed by atoms with Crippen molar-refractivity contribution in [2.24, 2.45) is 0 Å². The van der Waals surface area contributed by atoms with Gasteiger partial charge in [0.2, 0.25) is 0 Å². The van der Waals surface area contributed by atoms with Crippen LogP contribution in [0.2, 0.25) is 0 Å². The lowest BCUT2D eigenvalue weighted by molar-refractivity contribution is 0.0950.